The molecule has 0 amide bonds. The Morgan fingerprint density at radius 1 is 1.00 bits per heavy atom. The van der Waals surface area contributed by atoms with Crippen LogP contribution in [-0.4, -0.2) is 26.3 Å². The van der Waals surface area contributed by atoms with E-state index in [0.29, 0.717) is 6.54 Å². The molecule has 0 aliphatic carbocycles. The highest BCUT2D eigenvalue weighted by molar-refractivity contribution is 6.30. The number of rotatable bonds is 5. The van der Waals surface area contributed by atoms with Crippen molar-refractivity contribution in [3.63, 3.8) is 0 Å². The third kappa shape index (κ3) is 4.44. The molecule has 0 saturated carbocycles. The van der Waals surface area contributed by atoms with Crippen LogP contribution in [0.1, 0.15) is 11.1 Å². The molecule has 0 bridgehead atoms. The number of ether oxygens (including phenoxy) is 1. The third-order valence-electron chi connectivity index (χ3n) is 3.95. The fraction of sp³-hybridized carbons (Fsp3) is 0.333. The van der Waals surface area contributed by atoms with Crippen LogP contribution in [0.15, 0.2) is 42.5 Å². The first-order chi connectivity index (χ1) is 11.2. The van der Waals surface area contributed by atoms with Crippen molar-refractivity contribution in [1.29, 1.82) is 0 Å². The maximum atomic E-state index is 13.1. The molecular weight excluding hydrogens is 315 g/mol. The zero-order valence-electron chi connectivity index (χ0n) is 12.9. The van der Waals surface area contributed by atoms with Gasteiger partial charge in [-0.05, 0) is 35.4 Å². The Labute approximate surface area is 141 Å². The van der Waals surface area contributed by atoms with E-state index in [-0.39, 0.29) is 10.8 Å². The smallest absolute Gasteiger partial charge is 0.141 e. The van der Waals surface area contributed by atoms with E-state index in [1.165, 1.54) is 17.3 Å². The van der Waals surface area contributed by atoms with Crippen molar-refractivity contribution in [2.75, 3.05) is 31.2 Å². The molecule has 0 aromatic heterocycles. The summed E-state index contributed by atoms with van der Waals surface area (Å²) in [6, 6.07) is 13.4. The van der Waals surface area contributed by atoms with Crippen LogP contribution in [0.5, 0.6) is 0 Å². The molecular formula is C18H20ClFN2O. The normalized spacial score (nSPS) is 15.0. The molecule has 1 aliphatic rings. The molecule has 122 valence electrons. The van der Waals surface area contributed by atoms with E-state index in [4.69, 9.17) is 16.3 Å². The summed E-state index contributed by atoms with van der Waals surface area (Å²) in [5.74, 6) is -0.380. The quantitative estimate of drug-likeness (QED) is 0.904. The fourth-order valence-corrected chi connectivity index (χ4v) is 2.85. The lowest BCUT2D eigenvalue weighted by molar-refractivity contribution is 0.122. The van der Waals surface area contributed by atoms with Crippen LogP contribution in [-0.2, 0) is 17.8 Å². The number of hydrogen-bond donors (Lipinski definition) is 1. The number of anilines is 1. The minimum absolute atomic E-state index is 0.166. The van der Waals surface area contributed by atoms with Gasteiger partial charge in [-0.15, -0.1) is 0 Å². The molecule has 0 spiro atoms. The monoisotopic (exact) mass is 334 g/mol. The number of benzene rings is 2. The standard InChI is InChI=1S/C18H20ClFN2O/c19-17-11-15(3-6-18(17)20)13-21-12-14-1-4-16(5-2-14)22-7-9-23-10-8-22/h1-6,11,21H,7-10,12-13H2. The molecule has 0 unspecified atom stereocenters. The number of halogens is 2. The SMILES string of the molecule is Fc1ccc(CNCc2ccc(N3CCOCC3)cc2)cc1Cl. The Balaban J connectivity index is 1.51. The van der Waals surface area contributed by atoms with E-state index in [1.807, 2.05) is 0 Å². The zero-order valence-corrected chi connectivity index (χ0v) is 13.7. The molecule has 1 aliphatic heterocycles. The number of nitrogens with zero attached hydrogens (tertiary/aromatic N) is 1. The van der Waals surface area contributed by atoms with Crippen LogP contribution in [0.3, 0.4) is 0 Å². The number of morpholine rings is 1. The Hall–Kier alpha value is -1.62. The van der Waals surface area contributed by atoms with E-state index < -0.39 is 0 Å². The van der Waals surface area contributed by atoms with Crippen molar-refractivity contribution in [1.82, 2.24) is 5.32 Å². The average molecular weight is 335 g/mol. The second-order valence-corrected chi connectivity index (χ2v) is 6.03. The van der Waals surface area contributed by atoms with Crippen molar-refractivity contribution in [2.45, 2.75) is 13.1 Å². The largest absolute Gasteiger partial charge is 0.378 e. The van der Waals surface area contributed by atoms with Crippen LogP contribution in [0.4, 0.5) is 10.1 Å². The topological polar surface area (TPSA) is 24.5 Å². The summed E-state index contributed by atoms with van der Waals surface area (Å²) < 4.78 is 18.5. The molecule has 2 aromatic rings. The van der Waals surface area contributed by atoms with Gasteiger partial charge in [0.2, 0.25) is 0 Å². The van der Waals surface area contributed by atoms with Gasteiger partial charge in [0.25, 0.3) is 0 Å². The summed E-state index contributed by atoms with van der Waals surface area (Å²) in [5.41, 5.74) is 3.43. The van der Waals surface area contributed by atoms with Gasteiger partial charge in [-0.3, -0.25) is 0 Å². The predicted octanol–water partition coefficient (Wildman–Crippen LogP) is 3.61. The molecule has 3 rings (SSSR count). The van der Waals surface area contributed by atoms with Crippen molar-refractivity contribution < 1.29 is 9.13 Å². The van der Waals surface area contributed by atoms with Crippen molar-refractivity contribution >= 4 is 17.3 Å². The van der Waals surface area contributed by atoms with Crippen molar-refractivity contribution in [3.05, 3.63) is 64.4 Å². The molecule has 1 saturated heterocycles. The van der Waals surface area contributed by atoms with Gasteiger partial charge in [0.15, 0.2) is 0 Å². The van der Waals surface area contributed by atoms with Crippen LogP contribution in [0, 0.1) is 5.82 Å². The fourth-order valence-electron chi connectivity index (χ4n) is 2.65. The maximum absolute atomic E-state index is 13.1. The summed E-state index contributed by atoms with van der Waals surface area (Å²) >= 11 is 5.78. The summed E-state index contributed by atoms with van der Waals surface area (Å²) in [7, 11) is 0. The molecule has 1 heterocycles. The molecule has 3 nitrogen and oxygen atoms in total. The lowest BCUT2D eigenvalue weighted by atomic mass is 10.1. The Morgan fingerprint density at radius 3 is 2.35 bits per heavy atom. The first kappa shape index (κ1) is 16.2. The van der Waals surface area contributed by atoms with Gasteiger partial charge in [0.1, 0.15) is 5.82 Å². The molecule has 23 heavy (non-hydrogen) atoms. The van der Waals surface area contributed by atoms with Gasteiger partial charge in [-0.25, -0.2) is 4.39 Å². The molecule has 5 heteroatoms. The van der Waals surface area contributed by atoms with E-state index >= 15 is 0 Å². The second-order valence-electron chi connectivity index (χ2n) is 5.62. The van der Waals surface area contributed by atoms with E-state index in [0.717, 1.165) is 38.4 Å². The van der Waals surface area contributed by atoms with Crippen LogP contribution in [0.25, 0.3) is 0 Å². The Bertz CT molecular complexity index is 642. The van der Waals surface area contributed by atoms with E-state index in [9.17, 15) is 4.39 Å². The Kier molecular flexibility index (Phi) is 5.49. The van der Waals surface area contributed by atoms with Gasteiger partial charge in [-0.1, -0.05) is 29.8 Å². The predicted molar refractivity (Wildman–Crippen MR) is 91.4 cm³/mol. The highest BCUT2D eigenvalue weighted by Gasteiger charge is 2.10. The lowest BCUT2D eigenvalue weighted by Gasteiger charge is -2.28. The average Bonchev–Trinajstić information content (AvgIpc) is 2.59. The van der Waals surface area contributed by atoms with Crippen LogP contribution >= 0.6 is 11.6 Å². The summed E-state index contributed by atoms with van der Waals surface area (Å²) in [5, 5.41) is 3.51. The van der Waals surface area contributed by atoms with Gasteiger partial charge >= 0.3 is 0 Å². The summed E-state index contributed by atoms with van der Waals surface area (Å²) in [6.45, 7) is 4.91. The third-order valence-corrected chi connectivity index (χ3v) is 4.24. The highest BCUT2D eigenvalue weighted by Crippen LogP contribution is 2.18. The van der Waals surface area contributed by atoms with Crippen molar-refractivity contribution in [3.8, 4) is 0 Å². The zero-order chi connectivity index (χ0) is 16.1. The number of nitrogens with one attached hydrogen (secondary N) is 1. The first-order valence-corrected chi connectivity index (χ1v) is 8.16. The maximum Gasteiger partial charge on any atom is 0.141 e. The number of hydrogen-bond acceptors (Lipinski definition) is 3. The van der Waals surface area contributed by atoms with Gasteiger partial charge < -0.3 is 15.0 Å². The molecule has 0 radical (unpaired) electrons. The lowest BCUT2D eigenvalue weighted by Crippen LogP contribution is -2.36. The van der Waals surface area contributed by atoms with Crippen LogP contribution in [0.2, 0.25) is 5.02 Å². The molecule has 0 atom stereocenters. The summed E-state index contributed by atoms with van der Waals surface area (Å²) in [6.07, 6.45) is 0. The van der Waals surface area contributed by atoms with Gasteiger partial charge in [0.05, 0.1) is 18.2 Å². The van der Waals surface area contributed by atoms with Gasteiger partial charge in [0, 0.05) is 31.9 Å². The Morgan fingerprint density at radius 2 is 1.65 bits per heavy atom. The molecule has 1 N–H and O–H groups in total. The minimum Gasteiger partial charge on any atom is -0.378 e. The van der Waals surface area contributed by atoms with Crippen LogP contribution < -0.4 is 10.2 Å². The minimum atomic E-state index is -0.380. The van der Waals surface area contributed by atoms with E-state index in [1.54, 1.807) is 12.1 Å². The summed E-state index contributed by atoms with van der Waals surface area (Å²) in [4.78, 5) is 2.33. The first-order valence-electron chi connectivity index (χ1n) is 7.78. The highest BCUT2D eigenvalue weighted by atomic mass is 35.5. The second kappa shape index (κ2) is 7.77. The molecule has 2 aromatic carbocycles. The van der Waals surface area contributed by atoms with Crippen molar-refractivity contribution in [2.24, 2.45) is 0 Å². The van der Waals surface area contributed by atoms with Gasteiger partial charge in [-0.2, -0.15) is 0 Å². The van der Waals surface area contributed by atoms with E-state index in [2.05, 4.69) is 34.5 Å². The molecule has 1 fully saturated rings.